The van der Waals surface area contributed by atoms with E-state index in [1.807, 2.05) is 49.4 Å². The first kappa shape index (κ1) is 17.5. The molecule has 0 unspecified atom stereocenters. The van der Waals surface area contributed by atoms with Crippen LogP contribution in [0.25, 0.3) is 10.8 Å². The van der Waals surface area contributed by atoms with Crippen molar-refractivity contribution in [2.75, 3.05) is 13.7 Å². The van der Waals surface area contributed by atoms with Gasteiger partial charge in [-0.3, -0.25) is 4.79 Å². The Balaban J connectivity index is 2.43. The Morgan fingerprint density at radius 1 is 1.17 bits per heavy atom. The van der Waals surface area contributed by atoms with Gasteiger partial charge in [0, 0.05) is 12.0 Å². The topological polar surface area (TPSA) is 52.6 Å². The minimum absolute atomic E-state index is 0.110. The van der Waals surface area contributed by atoms with Gasteiger partial charge >= 0.3 is 5.97 Å². The third-order valence-corrected chi connectivity index (χ3v) is 3.59. The number of Topliss-reactive ketones (excluding diaryl/α,β-unsaturated/α-hetero) is 1. The summed E-state index contributed by atoms with van der Waals surface area (Å²) in [5.41, 5.74) is 0.581. The lowest BCUT2D eigenvalue weighted by atomic mass is 9.96. The maximum atomic E-state index is 12.8. The van der Waals surface area contributed by atoms with Gasteiger partial charge in [0.05, 0.1) is 12.7 Å². The van der Waals surface area contributed by atoms with Crippen LogP contribution in [0.2, 0.25) is 0 Å². The molecule has 24 heavy (non-hydrogen) atoms. The van der Waals surface area contributed by atoms with Gasteiger partial charge in [-0.15, -0.1) is 0 Å². The van der Waals surface area contributed by atoms with Crippen LogP contribution in [0, 0.1) is 0 Å². The van der Waals surface area contributed by atoms with Crippen LogP contribution in [-0.2, 0) is 9.53 Å². The number of fused-ring (bicyclic) bond motifs is 1. The van der Waals surface area contributed by atoms with Gasteiger partial charge in [-0.05, 0) is 23.8 Å². The summed E-state index contributed by atoms with van der Waals surface area (Å²) in [4.78, 5) is 24.3. The smallest absolute Gasteiger partial charge is 0.333 e. The number of hydrogen-bond acceptors (Lipinski definition) is 4. The van der Waals surface area contributed by atoms with E-state index < -0.39 is 5.97 Å². The first-order chi connectivity index (χ1) is 11.6. The second-order valence-corrected chi connectivity index (χ2v) is 5.23. The number of benzene rings is 2. The first-order valence-corrected chi connectivity index (χ1v) is 7.63. The molecule has 0 spiro atoms. The van der Waals surface area contributed by atoms with Gasteiger partial charge in [-0.2, -0.15) is 0 Å². The zero-order chi connectivity index (χ0) is 17.5. The molecule has 0 aromatic heterocycles. The molecular weight excluding hydrogens is 304 g/mol. The van der Waals surface area contributed by atoms with Crippen molar-refractivity contribution in [3.8, 4) is 5.75 Å². The summed E-state index contributed by atoms with van der Waals surface area (Å²) in [6.07, 6.45) is 3.62. The lowest BCUT2D eigenvalue weighted by Gasteiger charge is -2.13. The van der Waals surface area contributed by atoms with Gasteiger partial charge < -0.3 is 9.47 Å². The summed E-state index contributed by atoms with van der Waals surface area (Å²) >= 11 is 0. The maximum Gasteiger partial charge on any atom is 0.333 e. The summed E-state index contributed by atoms with van der Waals surface area (Å²) in [5.74, 6) is -0.313. The first-order valence-electron chi connectivity index (χ1n) is 7.63. The van der Waals surface area contributed by atoms with Crippen molar-refractivity contribution in [1.29, 1.82) is 0 Å². The lowest BCUT2D eigenvalue weighted by Crippen LogP contribution is -2.11. The Morgan fingerprint density at radius 2 is 1.92 bits per heavy atom. The van der Waals surface area contributed by atoms with E-state index in [4.69, 9.17) is 4.74 Å². The molecular formula is C20H20O4. The Bertz CT molecular complexity index is 802. The summed E-state index contributed by atoms with van der Waals surface area (Å²) in [6, 6.07) is 11.3. The SMILES string of the molecule is C=C(CC(=O)c1c(OC/C=C\C)ccc2ccccc12)C(=O)OC. The highest BCUT2D eigenvalue weighted by molar-refractivity contribution is 6.13. The van der Waals surface area contributed by atoms with E-state index in [-0.39, 0.29) is 17.8 Å². The third-order valence-electron chi connectivity index (χ3n) is 3.59. The number of ketones is 1. The van der Waals surface area contributed by atoms with Gasteiger partial charge in [-0.25, -0.2) is 4.79 Å². The Hall–Kier alpha value is -2.88. The van der Waals surface area contributed by atoms with Crippen LogP contribution in [0.3, 0.4) is 0 Å². The van der Waals surface area contributed by atoms with E-state index >= 15 is 0 Å². The van der Waals surface area contributed by atoms with E-state index in [1.54, 1.807) is 6.07 Å². The van der Waals surface area contributed by atoms with Crippen molar-refractivity contribution in [1.82, 2.24) is 0 Å². The average molecular weight is 324 g/mol. The largest absolute Gasteiger partial charge is 0.489 e. The molecule has 0 amide bonds. The number of allylic oxidation sites excluding steroid dienone is 1. The molecule has 0 bridgehead atoms. The quantitative estimate of drug-likeness (QED) is 0.333. The number of carbonyl (C=O) groups excluding carboxylic acids is 2. The molecule has 2 rings (SSSR count). The molecule has 124 valence electrons. The number of methoxy groups -OCH3 is 1. The van der Waals surface area contributed by atoms with Crippen molar-refractivity contribution in [3.05, 3.63) is 66.3 Å². The molecule has 2 aromatic carbocycles. The van der Waals surface area contributed by atoms with Gasteiger partial charge in [-0.1, -0.05) is 49.1 Å². The van der Waals surface area contributed by atoms with Crippen molar-refractivity contribution >= 4 is 22.5 Å². The van der Waals surface area contributed by atoms with Crippen LogP contribution in [0.5, 0.6) is 5.75 Å². The fraction of sp³-hybridized carbons (Fsp3) is 0.200. The molecule has 0 saturated carbocycles. The van der Waals surface area contributed by atoms with Crippen LogP contribution in [0.4, 0.5) is 0 Å². The molecule has 0 fully saturated rings. The van der Waals surface area contributed by atoms with Gasteiger partial charge in [0.25, 0.3) is 0 Å². The summed E-state index contributed by atoms with van der Waals surface area (Å²) in [6.45, 7) is 5.90. The van der Waals surface area contributed by atoms with Crippen LogP contribution < -0.4 is 4.74 Å². The van der Waals surface area contributed by atoms with Gasteiger partial charge in [0.1, 0.15) is 12.4 Å². The molecule has 0 radical (unpaired) electrons. The van der Waals surface area contributed by atoms with Crippen LogP contribution >= 0.6 is 0 Å². The van der Waals surface area contributed by atoms with Crippen LogP contribution in [0.15, 0.2) is 60.7 Å². The molecule has 0 aliphatic rings. The fourth-order valence-corrected chi connectivity index (χ4v) is 2.39. The second kappa shape index (κ2) is 8.11. The van der Waals surface area contributed by atoms with Crippen molar-refractivity contribution in [2.24, 2.45) is 0 Å². The summed E-state index contributed by atoms with van der Waals surface area (Å²) in [5, 5.41) is 1.72. The third kappa shape index (κ3) is 3.90. The zero-order valence-electron chi connectivity index (χ0n) is 13.9. The van der Waals surface area contributed by atoms with Gasteiger partial charge in [0.2, 0.25) is 0 Å². The predicted octanol–water partition coefficient (Wildman–Crippen LogP) is 4.10. The molecule has 0 aliphatic heterocycles. The molecule has 0 aliphatic carbocycles. The van der Waals surface area contributed by atoms with Crippen LogP contribution in [-0.4, -0.2) is 25.5 Å². The Labute approximate surface area is 141 Å². The van der Waals surface area contributed by atoms with E-state index in [0.29, 0.717) is 17.9 Å². The standard InChI is InChI=1S/C20H20O4/c1-4-5-12-24-18-11-10-15-8-6-7-9-16(15)19(18)17(21)13-14(2)20(22)23-3/h4-11H,2,12-13H2,1,3H3/b5-4-. The molecule has 0 heterocycles. The summed E-state index contributed by atoms with van der Waals surface area (Å²) in [7, 11) is 1.27. The normalized spacial score (nSPS) is 10.8. The molecule has 0 saturated heterocycles. The minimum Gasteiger partial charge on any atom is -0.489 e. The zero-order valence-corrected chi connectivity index (χ0v) is 13.9. The van der Waals surface area contributed by atoms with Crippen molar-refractivity contribution in [3.63, 3.8) is 0 Å². The number of carbonyl (C=O) groups is 2. The highest BCUT2D eigenvalue weighted by Crippen LogP contribution is 2.30. The minimum atomic E-state index is -0.583. The number of hydrogen-bond donors (Lipinski definition) is 0. The maximum absolute atomic E-state index is 12.8. The van der Waals surface area contributed by atoms with Crippen LogP contribution in [0.1, 0.15) is 23.7 Å². The Kier molecular flexibility index (Phi) is 5.90. The molecule has 2 aromatic rings. The summed E-state index contributed by atoms with van der Waals surface area (Å²) < 4.78 is 10.3. The lowest BCUT2D eigenvalue weighted by molar-refractivity contribution is -0.136. The molecule has 4 heteroatoms. The van der Waals surface area contributed by atoms with E-state index in [1.165, 1.54) is 7.11 Å². The number of rotatable bonds is 7. The number of esters is 1. The monoisotopic (exact) mass is 324 g/mol. The Morgan fingerprint density at radius 3 is 2.62 bits per heavy atom. The highest BCUT2D eigenvalue weighted by Gasteiger charge is 2.20. The van der Waals surface area contributed by atoms with E-state index in [2.05, 4.69) is 11.3 Å². The molecule has 0 atom stereocenters. The average Bonchev–Trinajstić information content (AvgIpc) is 2.60. The van der Waals surface area contributed by atoms with Crippen molar-refractivity contribution < 1.29 is 19.1 Å². The van der Waals surface area contributed by atoms with Crippen molar-refractivity contribution in [2.45, 2.75) is 13.3 Å². The van der Waals surface area contributed by atoms with E-state index in [0.717, 1.165) is 10.8 Å². The highest BCUT2D eigenvalue weighted by atomic mass is 16.5. The molecule has 0 N–H and O–H groups in total. The predicted molar refractivity (Wildman–Crippen MR) is 94.4 cm³/mol. The second-order valence-electron chi connectivity index (χ2n) is 5.23. The van der Waals surface area contributed by atoms with Gasteiger partial charge in [0.15, 0.2) is 5.78 Å². The fourth-order valence-electron chi connectivity index (χ4n) is 2.39. The molecule has 4 nitrogen and oxygen atoms in total. The number of ether oxygens (including phenoxy) is 2. The van der Waals surface area contributed by atoms with E-state index in [9.17, 15) is 9.59 Å².